The van der Waals surface area contributed by atoms with Gasteiger partial charge < -0.3 is 8.83 Å². The molecule has 1 fully saturated rings. The maximum absolute atomic E-state index is 6.80. The zero-order valence-corrected chi connectivity index (χ0v) is 28.2. The summed E-state index contributed by atoms with van der Waals surface area (Å²) in [6.07, 6.45) is -0.394. The number of nitrogens with one attached hydrogen (secondary N) is 3. The van der Waals surface area contributed by atoms with E-state index in [0.29, 0.717) is 0 Å². The molecule has 7 aromatic carbocycles. The molecule has 0 bridgehead atoms. The fourth-order valence-electron chi connectivity index (χ4n) is 7.97. The number of thiophene rings is 1. The van der Waals surface area contributed by atoms with E-state index >= 15 is 0 Å². The Bertz CT molecular complexity index is 2940. The molecule has 0 saturated carbocycles. The van der Waals surface area contributed by atoms with E-state index in [1.807, 2.05) is 23.5 Å². The summed E-state index contributed by atoms with van der Waals surface area (Å²) >= 11 is 1.86. The van der Waals surface area contributed by atoms with Gasteiger partial charge in [-0.15, -0.1) is 11.3 Å². The average molecular weight is 678 g/mol. The van der Waals surface area contributed by atoms with Gasteiger partial charge in [0.15, 0.2) is 0 Å². The number of benzene rings is 7. The summed E-state index contributed by atoms with van der Waals surface area (Å²) in [5.41, 5.74) is 9.21. The van der Waals surface area contributed by atoms with Gasteiger partial charge in [-0.1, -0.05) is 115 Å². The molecule has 3 N–H and O–H groups in total. The molecule has 0 aliphatic carbocycles. The van der Waals surface area contributed by atoms with Crippen LogP contribution >= 0.6 is 11.3 Å². The molecule has 51 heavy (non-hydrogen) atoms. The highest BCUT2D eigenvalue weighted by molar-refractivity contribution is 7.26. The van der Waals surface area contributed by atoms with Crippen molar-refractivity contribution >= 4 is 75.4 Å². The molecule has 3 aromatic heterocycles. The van der Waals surface area contributed by atoms with Gasteiger partial charge in [0.25, 0.3) is 0 Å². The smallest absolute Gasteiger partial charge is 0.141 e. The molecule has 0 amide bonds. The summed E-state index contributed by atoms with van der Waals surface area (Å²) in [4.78, 5) is 0. The fraction of sp³-hybridized carbons (Fsp3) is 0.0667. The van der Waals surface area contributed by atoms with Gasteiger partial charge in [0.05, 0.1) is 18.5 Å². The lowest BCUT2D eigenvalue weighted by atomic mass is 10.0. The van der Waals surface area contributed by atoms with E-state index < -0.39 is 0 Å². The van der Waals surface area contributed by atoms with Crippen LogP contribution in [0.3, 0.4) is 0 Å². The van der Waals surface area contributed by atoms with Crippen LogP contribution in [0.5, 0.6) is 0 Å². The van der Waals surface area contributed by atoms with Crippen LogP contribution in [0.15, 0.2) is 160 Å². The highest BCUT2D eigenvalue weighted by atomic mass is 32.1. The molecule has 1 aliphatic rings. The van der Waals surface area contributed by atoms with Crippen molar-refractivity contribution in [3.8, 4) is 11.1 Å². The molecule has 4 heterocycles. The summed E-state index contributed by atoms with van der Waals surface area (Å²) in [6, 6.07) is 53.6. The molecule has 10 aromatic rings. The normalized spacial score (nSPS) is 18.2. The molecule has 11 rings (SSSR count). The molecule has 0 radical (unpaired) electrons. The first-order chi connectivity index (χ1) is 25.2. The van der Waals surface area contributed by atoms with Crippen LogP contribution in [0.2, 0.25) is 0 Å². The Morgan fingerprint density at radius 1 is 0.412 bits per heavy atom. The molecule has 3 atom stereocenters. The molecule has 6 heteroatoms. The predicted molar refractivity (Wildman–Crippen MR) is 210 cm³/mol. The number of rotatable bonds is 4. The van der Waals surface area contributed by atoms with Crippen LogP contribution in [0, 0.1) is 0 Å². The molecule has 1 aliphatic heterocycles. The van der Waals surface area contributed by atoms with E-state index in [0.717, 1.165) is 60.6 Å². The number of furan rings is 2. The standard InChI is InChI=1S/C45H31N3O2S/c1-2-10-26(11-3-1)43-46-44(48-45(47-43)36-17-9-15-34-32-13-5-7-19-40(32)51-42(34)36)35-16-8-14-33-31-23-21-28(25-39(31)50-41(33)35)27-20-22-30-29-12-4-6-18-37(29)49-38(30)24-27/h1-25,43-48H. The van der Waals surface area contributed by atoms with E-state index in [9.17, 15) is 0 Å². The summed E-state index contributed by atoms with van der Waals surface area (Å²) in [6.45, 7) is 0. The Kier molecular flexibility index (Phi) is 6.48. The summed E-state index contributed by atoms with van der Waals surface area (Å²) in [7, 11) is 0. The maximum Gasteiger partial charge on any atom is 0.141 e. The zero-order valence-electron chi connectivity index (χ0n) is 27.4. The van der Waals surface area contributed by atoms with Gasteiger partial charge >= 0.3 is 0 Å². The predicted octanol–water partition coefficient (Wildman–Crippen LogP) is 11.7. The maximum atomic E-state index is 6.80. The number of fused-ring (bicyclic) bond motifs is 9. The number of hydrogen-bond acceptors (Lipinski definition) is 6. The summed E-state index contributed by atoms with van der Waals surface area (Å²) in [5.74, 6) is 0. The lowest BCUT2D eigenvalue weighted by Gasteiger charge is -2.39. The minimum absolute atomic E-state index is 0.0912. The first-order valence-corrected chi connectivity index (χ1v) is 18.2. The second kappa shape index (κ2) is 11.4. The van der Waals surface area contributed by atoms with E-state index in [4.69, 9.17) is 8.83 Å². The molecule has 3 unspecified atom stereocenters. The van der Waals surface area contributed by atoms with Crippen molar-refractivity contribution in [3.63, 3.8) is 0 Å². The molecule has 1 saturated heterocycles. The first-order valence-electron chi connectivity index (χ1n) is 17.4. The third-order valence-electron chi connectivity index (χ3n) is 10.4. The van der Waals surface area contributed by atoms with Crippen LogP contribution in [-0.4, -0.2) is 0 Å². The largest absolute Gasteiger partial charge is 0.456 e. The Hall–Kier alpha value is -5.76. The van der Waals surface area contributed by atoms with Gasteiger partial charge in [-0.2, -0.15) is 0 Å². The third-order valence-corrected chi connectivity index (χ3v) is 11.7. The molecule has 0 spiro atoms. The number of hydrogen-bond donors (Lipinski definition) is 3. The molecular weight excluding hydrogens is 647 g/mol. The van der Waals surface area contributed by atoms with E-state index in [1.165, 1.54) is 31.3 Å². The Labute approximate surface area is 297 Å². The van der Waals surface area contributed by atoms with E-state index in [2.05, 4.69) is 155 Å². The lowest BCUT2D eigenvalue weighted by molar-refractivity contribution is 0.204. The van der Waals surface area contributed by atoms with Crippen LogP contribution in [0.25, 0.3) is 75.2 Å². The monoisotopic (exact) mass is 677 g/mol. The first kappa shape index (κ1) is 29.0. The lowest BCUT2D eigenvalue weighted by Crippen LogP contribution is -2.54. The van der Waals surface area contributed by atoms with E-state index in [1.54, 1.807) is 0 Å². The van der Waals surface area contributed by atoms with Crippen LogP contribution in [0.4, 0.5) is 0 Å². The number of para-hydroxylation sites is 2. The van der Waals surface area contributed by atoms with Crippen molar-refractivity contribution < 1.29 is 8.83 Å². The highest BCUT2D eigenvalue weighted by Crippen LogP contribution is 2.41. The third kappa shape index (κ3) is 4.65. The van der Waals surface area contributed by atoms with Gasteiger partial charge in [-0.3, -0.25) is 16.0 Å². The van der Waals surface area contributed by atoms with Crippen LogP contribution in [-0.2, 0) is 0 Å². The van der Waals surface area contributed by atoms with Gasteiger partial charge in [-0.05, 0) is 53.1 Å². The highest BCUT2D eigenvalue weighted by Gasteiger charge is 2.32. The minimum atomic E-state index is -0.190. The van der Waals surface area contributed by atoms with Crippen molar-refractivity contribution in [3.05, 3.63) is 168 Å². The second-order valence-corrected chi connectivity index (χ2v) is 14.4. The minimum Gasteiger partial charge on any atom is -0.456 e. The van der Waals surface area contributed by atoms with Gasteiger partial charge in [0.2, 0.25) is 0 Å². The zero-order chi connectivity index (χ0) is 33.5. The molecule has 5 nitrogen and oxygen atoms in total. The van der Waals surface area contributed by atoms with Gasteiger partial charge in [0.1, 0.15) is 22.3 Å². The second-order valence-electron chi connectivity index (χ2n) is 13.4. The Balaban J connectivity index is 1.01. The molecular formula is C45H31N3O2S. The fourth-order valence-corrected chi connectivity index (χ4v) is 9.22. The average Bonchev–Trinajstić information content (AvgIpc) is 3.88. The van der Waals surface area contributed by atoms with Crippen molar-refractivity contribution in [1.29, 1.82) is 0 Å². The topological polar surface area (TPSA) is 62.4 Å². The van der Waals surface area contributed by atoms with Crippen LogP contribution < -0.4 is 16.0 Å². The van der Waals surface area contributed by atoms with Crippen molar-refractivity contribution in [2.24, 2.45) is 0 Å². The SMILES string of the molecule is c1ccc(C2NC(c3cccc4c3oc3cc(-c5ccc6c(c5)oc5ccccc56)ccc34)NC(c3cccc4c3sc3ccccc34)N2)cc1. The Morgan fingerprint density at radius 3 is 1.82 bits per heavy atom. The summed E-state index contributed by atoms with van der Waals surface area (Å²) in [5, 5.41) is 18.7. The van der Waals surface area contributed by atoms with Crippen molar-refractivity contribution in [2.75, 3.05) is 0 Å². The van der Waals surface area contributed by atoms with Gasteiger partial charge in [-0.25, -0.2) is 0 Å². The van der Waals surface area contributed by atoms with Crippen molar-refractivity contribution in [2.45, 2.75) is 18.5 Å². The van der Waals surface area contributed by atoms with Crippen molar-refractivity contribution in [1.82, 2.24) is 16.0 Å². The van der Waals surface area contributed by atoms with Gasteiger partial charge in [0, 0.05) is 52.8 Å². The Morgan fingerprint density at radius 2 is 1.00 bits per heavy atom. The quantitative estimate of drug-likeness (QED) is 0.173. The summed E-state index contributed by atoms with van der Waals surface area (Å²) < 4.78 is 15.6. The van der Waals surface area contributed by atoms with Crippen LogP contribution in [0.1, 0.15) is 35.2 Å². The van der Waals surface area contributed by atoms with E-state index in [-0.39, 0.29) is 18.5 Å². The molecule has 244 valence electrons.